The van der Waals surface area contributed by atoms with Crippen molar-refractivity contribution >= 4 is 5.97 Å². The number of alkyl halides is 4. The number of halogens is 6. The van der Waals surface area contributed by atoms with Crippen LogP contribution in [0.5, 0.6) is 11.5 Å². The van der Waals surface area contributed by atoms with Gasteiger partial charge in [-0.15, -0.1) is 0 Å². The molecular weight excluding hydrogens is 478 g/mol. The minimum Gasteiger partial charge on any atom is -0.491 e. The molecule has 2 aliphatic carbocycles. The third-order valence-electron chi connectivity index (χ3n) is 6.45. The smallest absolute Gasteiger partial charge is 0.343 e. The minimum atomic E-state index is -5.12. The highest BCUT2D eigenvalue weighted by Crippen LogP contribution is 2.60. The van der Waals surface area contributed by atoms with Crippen molar-refractivity contribution in [2.75, 3.05) is 13.2 Å². The average molecular weight is 502 g/mol. The number of fused-ring (bicyclic) bond motifs is 3. The van der Waals surface area contributed by atoms with E-state index in [1.54, 1.807) is 0 Å². The van der Waals surface area contributed by atoms with Crippen LogP contribution in [0.1, 0.15) is 50.7 Å². The van der Waals surface area contributed by atoms with Crippen molar-refractivity contribution in [2.45, 2.75) is 57.5 Å². The second-order valence-corrected chi connectivity index (χ2v) is 8.53. The average Bonchev–Trinajstić information content (AvgIpc) is 2.81. The molecule has 2 aromatic carbocycles. The maximum atomic E-state index is 15.2. The van der Waals surface area contributed by atoms with Gasteiger partial charge in [-0.3, -0.25) is 4.79 Å². The van der Waals surface area contributed by atoms with Gasteiger partial charge >= 0.3 is 17.8 Å². The molecule has 2 aliphatic rings. The topological polar surface area (TPSA) is 44.8 Å². The third kappa shape index (κ3) is 4.15. The normalized spacial score (nSPS) is 22.2. The molecule has 0 heterocycles. The Morgan fingerprint density at radius 2 is 1.34 bits per heavy atom. The van der Waals surface area contributed by atoms with Gasteiger partial charge in [0.1, 0.15) is 0 Å². The largest absolute Gasteiger partial charge is 0.491 e. The fourth-order valence-corrected chi connectivity index (χ4v) is 4.73. The van der Waals surface area contributed by atoms with E-state index in [4.69, 9.17) is 14.2 Å². The van der Waals surface area contributed by atoms with Gasteiger partial charge in [0.25, 0.3) is 0 Å². The first kappa shape index (κ1) is 25.3. The van der Waals surface area contributed by atoms with E-state index >= 15 is 13.2 Å². The van der Waals surface area contributed by atoms with Crippen LogP contribution in [0, 0.1) is 17.6 Å². The zero-order chi connectivity index (χ0) is 25.5. The van der Waals surface area contributed by atoms with E-state index < -0.39 is 69.1 Å². The summed E-state index contributed by atoms with van der Waals surface area (Å²) in [5.74, 6) is -16.6. The summed E-state index contributed by atoms with van der Waals surface area (Å²) < 4.78 is 106. The molecule has 2 aromatic rings. The van der Waals surface area contributed by atoms with Crippen LogP contribution in [-0.4, -0.2) is 25.3 Å². The van der Waals surface area contributed by atoms with Gasteiger partial charge in [0.05, 0.1) is 29.8 Å². The van der Waals surface area contributed by atoms with Crippen molar-refractivity contribution in [3.05, 3.63) is 47.0 Å². The first-order valence-corrected chi connectivity index (χ1v) is 11.4. The maximum absolute atomic E-state index is 15.2. The van der Waals surface area contributed by atoms with Crippen LogP contribution >= 0.6 is 0 Å². The van der Waals surface area contributed by atoms with E-state index in [2.05, 4.69) is 0 Å². The van der Waals surface area contributed by atoms with E-state index in [1.165, 1.54) is 6.92 Å². The minimum absolute atomic E-state index is 0.00541. The molecule has 190 valence electrons. The Labute approximate surface area is 198 Å². The molecule has 0 aromatic heterocycles. The Morgan fingerprint density at radius 3 is 1.86 bits per heavy atom. The van der Waals surface area contributed by atoms with Gasteiger partial charge in [-0.2, -0.15) is 17.6 Å². The Balaban J connectivity index is 1.70. The lowest BCUT2D eigenvalue weighted by atomic mass is 9.79. The van der Waals surface area contributed by atoms with Crippen molar-refractivity contribution in [3.8, 4) is 22.6 Å². The van der Waals surface area contributed by atoms with Gasteiger partial charge in [-0.25, -0.2) is 8.78 Å². The summed E-state index contributed by atoms with van der Waals surface area (Å²) in [6, 6.07) is 3.84. The summed E-state index contributed by atoms with van der Waals surface area (Å²) in [5, 5.41) is 0. The molecule has 0 amide bonds. The standard InChI is InChI=1S/C25H24F6O4/c1-3-33-14-7-5-13(6-8-14)23(32)35-18-12-10-16-15-9-11-17(34-4-2)21(26)19(15)24(28,29)25(30,31)20(16)22(18)27/h9-14H,3-8H2,1-2H3. The predicted molar refractivity (Wildman–Crippen MR) is 114 cm³/mol. The molecular formula is C25H24F6O4. The summed E-state index contributed by atoms with van der Waals surface area (Å²) in [6.07, 6.45) is 1.96. The number of rotatable bonds is 6. The van der Waals surface area contributed by atoms with E-state index in [-0.39, 0.29) is 12.7 Å². The van der Waals surface area contributed by atoms with Crippen LogP contribution in [0.15, 0.2) is 24.3 Å². The maximum Gasteiger partial charge on any atom is 0.343 e. The Hall–Kier alpha value is -2.75. The Bertz CT molecular complexity index is 1130. The van der Waals surface area contributed by atoms with Crippen molar-refractivity contribution in [3.63, 3.8) is 0 Å². The molecule has 0 spiro atoms. The Kier molecular flexibility index (Phi) is 6.78. The zero-order valence-corrected chi connectivity index (χ0v) is 19.1. The number of hydrogen-bond acceptors (Lipinski definition) is 4. The number of ether oxygens (including phenoxy) is 3. The van der Waals surface area contributed by atoms with E-state index in [1.807, 2.05) is 6.92 Å². The summed E-state index contributed by atoms with van der Waals surface area (Å²) in [6.45, 7) is 3.77. The molecule has 0 bridgehead atoms. The van der Waals surface area contributed by atoms with Gasteiger partial charge in [0.2, 0.25) is 0 Å². The van der Waals surface area contributed by atoms with Crippen molar-refractivity contribution in [2.24, 2.45) is 5.92 Å². The van der Waals surface area contributed by atoms with Gasteiger partial charge in [-0.05, 0) is 74.9 Å². The van der Waals surface area contributed by atoms with Crippen LogP contribution in [0.25, 0.3) is 11.1 Å². The summed E-state index contributed by atoms with van der Waals surface area (Å²) in [5.41, 5.74) is -4.43. The van der Waals surface area contributed by atoms with Crippen molar-refractivity contribution < 1.29 is 45.3 Å². The van der Waals surface area contributed by atoms with Gasteiger partial charge in [0.15, 0.2) is 23.1 Å². The number of esters is 1. The van der Waals surface area contributed by atoms with Gasteiger partial charge in [0, 0.05) is 6.61 Å². The highest BCUT2D eigenvalue weighted by Gasteiger charge is 2.65. The molecule has 0 radical (unpaired) electrons. The number of carbonyl (C=O) groups is 1. The lowest BCUT2D eigenvalue weighted by Crippen LogP contribution is -2.41. The zero-order valence-electron chi connectivity index (χ0n) is 19.1. The van der Waals surface area contributed by atoms with E-state index in [0.29, 0.717) is 32.3 Å². The van der Waals surface area contributed by atoms with Crippen LogP contribution in [0.4, 0.5) is 26.3 Å². The molecule has 35 heavy (non-hydrogen) atoms. The molecule has 0 saturated heterocycles. The first-order chi connectivity index (χ1) is 16.5. The van der Waals surface area contributed by atoms with E-state index in [0.717, 1.165) is 24.3 Å². The van der Waals surface area contributed by atoms with Crippen LogP contribution in [-0.2, 0) is 21.4 Å². The summed E-state index contributed by atoms with van der Waals surface area (Å²) in [4.78, 5) is 12.6. The molecule has 0 unspecified atom stereocenters. The van der Waals surface area contributed by atoms with Gasteiger partial charge < -0.3 is 14.2 Å². The number of benzene rings is 2. The number of hydrogen-bond donors (Lipinski definition) is 0. The fraction of sp³-hybridized carbons (Fsp3) is 0.480. The van der Waals surface area contributed by atoms with Crippen molar-refractivity contribution in [1.82, 2.24) is 0 Å². The van der Waals surface area contributed by atoms with Crippen LogP contribution in [0.2, 0.25) is 0 Å². The van der Waals surface area contributed by atoms with E-state index in [9.17, 15) is 18.0 Å². The predicted octanol–water partition coefficient (Wildman–Crippen LogP) is 6.73. The molecule has 4 rings (SSSR count). The molecule has 0 N–H and O–H groups in total. The molecule has 1 fully saturated rings. The van der Waals surface area contributed by atoms with Crippen molar-refractivity contribution in [1.29, 1.82) is 0 Å². The first-order valence-electron chi connectivity index (χ1n) is 11.4. The molecule has 1 saturated carbocycles. The van der Waals surface area contributed by atoms with Crippen LogP contribution < -0.4 is 9.47 Å². The van der Waals surface area contributed by atoms with Crippen LogP contribution in [0.3, 0.4) is 0 Å². The summed E-state index contributed by atoms with van der Waals surface area (Å²) >= 11 is 0. The lowest BCUT2D eigenvalue weighted by Gasteiger charge is -2.35. The second-order valence-electron chi connectivity index (χ2n) is 8.53. The van der Waals surface area contributed by atoms with Gasteiger partial charge in [-0.1, -0.05) is 0 Å². The highest BCUT2D eigenvalue weighted by atomic mass is 19.3. The number of carbonyl (C=O) groups excluding carboxylic acids is 1. The second kappa shape index (κ2) is 9.37. The lowest BCUT2D eigenvalue weighted by molar-refractivity contribution is -0.228. The highest BCUT2D eigenvalue weighted by molar-refractivity contribution is 5.80. The molecule has 0 aliphatic heterocycles. The molecule has 0 atom stereocenters. The third-order valence-corrected chi connectivity index (χ3v) is 6.45. The SMILES string of the molecule is CCOc1ccc2c(c1F)C(F)(F)C(F)(F)c1c-2ccc(OC(=O)C2CCC(OCC)CC2)c1F. The summed E-state index contributed by atoms with van der Waals surface area (Å²) in [7, 11) is 0. The molecule has 10 heteroatoms. The monoisotopic (exact) mass is 502 g/mol. The fourth-order valence-electron chi connectivity index (χ4n) is 4.73. The Morgan fingerprint density at radius 1 is 0.829 bits per heavy atom. The molecule has 4 nitrogen and oxygen atoms in total. The quantitative estimate of drug-likeness (QED) is 0.250.